The Kier molecular flexibility index (Phi) is 6.11. The first kappa shape index (κ1) is 22.2. The Morgan fingerprint density at radius 3 is 2.71 bits per heavy atom. The summed E-state index contributed by atoms with van der Waals surface area (Å²) in [6, 6.07) is 22.7. The number of amides is 1. The van der Waals surface area contributed by atoms with Crippen LogP contribution in [0.1, 0.15) is 18.9 Å². The van der Waals surface area contributed by atoms with Crippen LogP contribution in [0, 0.1) is 0 Å². The van der Waals surface area contributed by atoms with Crippen molar-refractivity contribution in [3.05, 3.63) is 88.7 Å². The first-order valence-electron chi connectivity index (χ1n) is 11.3. The molecule has 0 fully saturated rings. The number of rotatable bonds is 5. The van der Waals surface area contributed by atoms with E-state index in [1.807, 2.05) is 66.4 Å². The number of hydrogen-bond donors (Lipinski definition) is 0. The van der Waals surface area contributed by atoms with Gasteiger partial charge in [0, 0.05) is 18.3 Å². The fourth-order valence-corrected chi connectivity index (χ4v) is 5.35. The summed E-state index contributed by atoms with van der Waals surface area (Å²) >= 11 is 1.30. The minimum Gasteiger partial charge on any atom is -0.497 e. The van der Waals surface area contributed by atoms with Crippen LogP contribution in [0.5, 0.6) is 5.75 Å². The lowest BCUT2D eigenvalue weighted by Crippen LogP contribution is -2.40. The fourth-order valence-electron chi connectivity index (χ4n) is 4.36. The van der Waals surface area contributed by atoms with Crippen molar-refractivity contribution in [1.29, 1.82) is 0 Å². The zero-order valence-electron chi connectivity index (χ0n) is 19.1. The molecule has 1 aromatic heterocycles. The van der Waals surface area contributed by atoms with Gasteiger partial charge in [-0.15, -0.1) is 0 Å². The lowest BCUT2D eigenvalue weighted by Gasteiger charge is -2.31. The number of carbonyl (C=O) groups excluding carboxylic acids is 1. The molecule has 1 atom stereocenters. The number of hydrogen-bond acceptors (Lipinski definition) is 5. The normalized spacial score (nSPS) is 14.0. The van der Waals surface area contributed by atoms with Crippen molar-refractivity contribution >= 4 is 34.3 Å². The number of aryl methyl sites for hydroxylation is 1. The monoisotopic (exact) mass is 471 g/mol. The fraction of sp³-hybridized carbons (Fsp3) is 0.222. The second-order valence-electron chi connectivity index (χ2n) is 8.24. The average molecular weight is 472 g/mol. The van der Waals surface area contributed by atoms with E-state index >= 15 is 0 Å². The van der Waals surface area contributed by atoms with E-state index in [0.29, 0.717) is 34.0 Å². The van der Waals surface area contributed by atoms with Gasteiger partial charge in [0.05, 0.1) is 29.0 Å². The Morgan fingerprint density at radius 2 is 1.85 bits per heavy atom. The van der Waals surface area contributed by atoms with Crippen LogP contribution in [0.2, 0.25) is 0 Å². The summed E-state index contributed by atoms with van der Waals surface area (Å²) in [6.45, 7) is 2.57. The highest BCUT2D eigenvalue weighted by Crippen LogP contribution is 2.31. The van der Waals surface area contributed by atoms with Crippen LogP contribution in [0.25, 0.3) is 16.6 Å². The molecular formula is C27H25N3O3S. The van der Waals surface area contributed by atoms with Crippen LogP contribution in [-0.4, -0.2) is 34.4 Å². The number of para-hydroxylation sites is 2. The molecule has 0 aliphatic carbocycles. The highest BCUT2D eigenvalue weighted by molar-refractivity contribution is 8.00. The summed E-state index contributed by atoms with van der Waals surface area (Å²) in [4.78, 5) is 33.7. The third kappa shape index (κ3) is 4.07. The molecule has 1 aliphatic rings. The topological polar surface area (TPSA) is 64.4 Å². The average Bonchev–Trinajstić information content (AvgIpc) is 2.88. The van der Waals surface area contributed by atoms with Gasteiger partial charge >= 0.3 is 0 Å². The predicted molar refractivity (Wildman–Crippen MR) is 136 cm³/mol. The van der Waals surface area contributed by atoms with E-state index in [-0.39, 0.29) is 11.5 Å². The molecule has 172 valence electrons. The summed E-state index contributed by atoms with van der Waals surface area (Å²) in [7, 11) is 1.59. The van der Waals surface area contributed by atoms with Crippen molar-refractivity contribution in [2.24, 2.45) is 0 Å². The quantitative estimate of drug-likeness (QED) is 0.307. The zero-order chi connectivity index (χ0) is 23.7. The van der Waals surface area contributed by atoms with Crippen LogP contribution in [0.4, 0.5) is 5.69 Å². The second-order valence-corrected chi connectivity index (χ2v) is 9.54. The number of aromatic nitrogens is 2. The third-order valence-corrected chi connectivity index (χ3v) is 7.10. The molecule has 0 saturated carbocycles. The summed E-state index contributed by atoms with van der Waals surface area (Å²) in [5.41, 5.74) is 3.24. The molecule has 1 aliphatic heterocycles. The van der Waals surface area contributed by atoms with Crippen molar-refractivity contribution in [2.45, 2.75) is 30.2 Å². The van der Waals surface area contributed by atoms with E-state index in [4.69, 9.17) is 9.72 Å². The standard InChI is InChI=1S/C27H25N3O3S/c1-18(25(31)29-16-8-10-19-9-3-6-15-24(19)29)34-27-28-23-14-5-4-13-22(23)26(32)30(27)20-11-7-12-21(17-20)33-2/h3-7,9,11-15,17-18H,8,10,16H2,1-2H3. The summed E-state index contributed by atoms with van der Waals surface area (Å²) < 4.78 is 6.95. The molecule has 2 heterocycles. The molecule has 0 bridgehead atoms. The number of ether oxygens (including phenoxy) is 1. The third-order valence-electron chi connectivity index (χ3n) is 6.06. The molecule has 5 rings (SSSR count). The van der Waals surface area contributed by atoms with Crippen LogP contribution < -0.4 is 15.2 Å². The molecule has 6 nitrogen and oxygen atoms in total. The van der Waals surface area contributed by atoms with E-state index in [0.717, 1.165) is 18.5 Å². The molecule has 0 spiro atoms. The van der Waals surface area contributed by atoms with Gasteiger partial charge < -0.3 is 9.64 Å². The van der Waals surface area contributed by atoms with Crippen molar-refractivity contribution in [1.82, 2.24) is 9.55 Å². The minimum absolute atomic E-state index is 0.0109. The summed E-state index contributed by atoms with van der Waals surface area (Å²) in [6.07, 6.45) is 1.91. The Bertz CT molecular complexity index is 1430. The van der Waals surface area contributed by atoms with E-state index in [1.54, 1.807) is 23.8 Å². The first-order chi connectivity index (χ1) is 16.6. The highest BCUT2D eigenvalue weighted by atomic mass is 32.2. The molecule has 0 saturated heterocycles. The molecule has 4 aromatic rings. The van der Waals surface area contributed by atoms with Gasteiger partial charge in [-0.05, 0) is 55.7 Å². The number of carbonyl (C=O) groups is 1. The zero-order valence-corrected chi connectivity index (χ0v) is 19.9. The Morgan fingerprint density at radius 1 is 1.06 bits per heavy atom. The SMILES string of the molecule is COc1cccc(-n2c(SC(C)C(=O)N3CCCc4ccccc43)nc3ccccc3c2=O)c1. The largest absolute Gasteiger partial charge is 0.497 e. The second kappa shape index (κ2) is 9.35. The smallest absolute Gasteiger partial charge is 0.266 e. The van der Waals surface area contributed by atoms with Crippen LogP contribution in [0.15, 0.2) is 82.7 Å². The van der Waals surface area contributed by atoms with Gasteiger partial charge in [0.15, 0.2) is 5.16 Å². The van der Waals surface area contributed by atoms with Gasteiger partial charge in [-0.3, -0.25) is 14.2 Å². The van der Waals surface area contributed by atoms with Gasteiger partial charge in [-0.25, -0.2) is 4.98 Å². The predicted octanol–water partition coefficient (Wildman–Crippen LogP) is 4.85. The minimum atomic E-state index is -0.434. The summed E-state index contributed by atoms with van der Waals surface area (Å²) in [5, 5.41) is 0.567. The van der Waals surface area contributed by atoms with Gasteiger partial charge in [0.25, 0.3) is 5.56 Å². The van der Waals surface area contributed by atoms with E-state index in [9.17, 15) is 9.59 Å². The maximum Gasteiger partial charge on any atom is 0.266 e. The maximum absolute atomic E-state index is 13.5. The lowest BCUT2D eigenvalue weighted by molar-refractivity contribution is -0.117. The van der Waals surface area contributed by atoms with Crippen molar-refractivity contribution < 1.29 is 9.53 Å². The van der Waals surface area contributed by atoms with Gasteiger partial charge in [-0.1, -0.05) is 48.2 Å². The number of anilines is 1. The number of nitrogens with zero attached hydrogens (tertiary/aromatic N) is 3. The molecular weight excluding hydrogens is 446 g/mol. The molecule has 1 unspecified atom stereocenters. The molecule has 0 N–H and O–H groups in total. The highest BCUT2D eigenvalue weighted by Gasteiger charge is 2.28. The van der Waals surface area contributed by atoms with Crippen molar-refractivity contribution in [3.8, 4) is 11.4 Å². The number of benzene rings is 3. The molecule has 1 amide bonds. The van der Waals surface area contributed by atoms with Crippen LogP contribution in [-0.2, 0) is 11.2 Å². The van der Waals surface area contributed by atoms with E-state index < -0.39 is 5.25 Å². The molecule has 34 heavy (non-hydrogen) atoms. The Hall–Kier alpha value is -3.58. The number of fused-ring (bicyclic) bond motifs is 2. The van der Waals surface area contributed by atoms with Gasteiger partial charge in [0.2, 0.25) is 5.91 Å². The molecule has 7 heteroatoms. The summed E-state index contributed by atoms with van der Waals surface area (Å²) in [5.74, 6) is 0.652. The van der Waals surface area contributed by atoms with Crippen molar-refractivity contribution in [3.63, 3.8) is 0 Å². The van der Waals surface area contributed by atoms with Crippen LogP contribution in [0.3, 0.4) is 0 Å². The van der Waals surface area contributed by atoms with Crippen LogP contribution >= 0.6 is 11.8 Å². The van der Waals surface area contributed by atoms with Gasteiger partial charge in [0.1, 0.15) is 5.75 Å². The maximum atomic E-state index is 13.5. The number of thioether (sulfide) groups is 1. The molecule has 3 aromatic carbocycles. The van der Waals surface area contributed by atoms with Gasteiger partial charge in [-0.2, -0.15) is 0 Å². The Labute approximate surface area is 202 Å². The van der Waals surface area contributed by atoms with E-state index in [2.05, 4.69) is 6.07 Å². The van der Waals surface area contributed by atoms with E-state index in [1.165, 1.54) is 17.3 Å². The lowest BCUT2D eigenvalue weighted by atomic mass is 10.0. The number of methoxy groups -OCH3 is 1. The molecule has 0 radical (unpaired) electrons. The van der Waals surface area contributed by atoms with Crippen molar-refractivity contribution in [2.75, 3.05) is 18.6 Å². The Balaban J connectivity index is 1.56. The first-order valence-corrected chi connectivity index (χ1v) is 12.2.